The Hall–Kier alpha value is -1.41. The van der Waals surface area contributed by atoms with E-state index in [4.69, 9.17) is 23.2 Å². The Morgan fingerprint density at radius 3 is 2.25 bits per heavy atom. The molecule has 1 aromatic carbocycles. The SMILES string of the molecule is O=c1[nH]c(C(F)(F)C(F)(F)F)nc2c(Cl)cc(Cl)cc12. The number of rotatable bonds is 1. The lowest BCUT2D eigenvalue weighted by molar-refractivity contribution is -0.292. The lowest BCUT2D eigenvalue weighted by Gasteiger charge is -2.18. The van der Waals surface area contributed by atoms with Crippen LogP contribution in [0.25, 0.3) is 10.9 Å². The predicted octanol–water partition coefficient (Wildman–Crippen LogP) is 3.88. The lowest BCUT2D eigenvalue weighted by atomic mass is 10.2. The number of aromatic amines is 1. The number of alkyl halides is 5. The second kappa shape index (κ2) is 4.56. The number of hydrogen-bond donors (Lipinski definition) is 1. The van der Waals surface area contributed by atoms with Crippen LogP contribution in [0, 0.1) is 0 Å². The van der Waals surface area contributed by atoms with Crippen LogP contribution in [-0.2, 0) is 5.92 Å². The molecule has 0 radical (unpaired) electrons. The Labute approximate surface area is 117 Å². The first kappa shape index (κ1) is 15.0. The highest BCUT2D eigenvalue weighted by Crippen LogP contribution is 2.42. The molecule has 20 heavy (non-hydrogen) atoms. The first-order valence-electron chi connectivity index (χ1n) is 4.88. The van der Waals surface area contributed by atoms with E-state index < -0.39 is 29.0 Å². The van der Waals surface area contributed by atoms with Crippen LogP contribution in [0.1, 0.15) is 5.82 Å². The summed E-state index contributed by atoms with van der Waals surface area (Å²) in [5.74, 6) is -7.13. The van der Waals surface area contributed by atoms with E-state index in [0.29, 0.717) is 0 Å². The monoisotopic (exact) mass is 332 g/mol. The van der Waals surface area contributed by atoms with E-state index in [1.807, 2.05) is 0 Å². The highest BCUT2D eigenvalue weighted by atomic mass is 35.5. The Morgan fingerprint density at radius 2 is 1.70 bits per heavy atom. The minimum Gasteiger partial charge on any atom is -0.305 e. The van der Waals surface area contributed by atoms with Gasteiger partial charge >= 0.3 is 12.1 Å². The molecule has 2 aromatic rings. The normalized spacial score (nSPS) is 12.9. The van der Waals surface area contributed by atoms with Crippen LogP contribution in [0.5, 0.6) is 0 Å². The fourth-order valence-corrected chi connectivity index (χ4v) is 1.99. The molecule has 2 rings (SSSR count). The molecule has 10 heteroatoms. The first-order valence-corrected chi connectivity index (χ1v) is 5.63. The van der Waals surface area contributed by atoms with Gasteiger partial charge in [-0.1, -0.05) is 23.2 Å². The summed E-state index contributed by atoms with van der Waals surface area (Å²) in [5.41, 5.74) is -1.68. The molecule has 0 bridgehead atoms. The van der Waals surface area contributed by atoms with Crippen molar-refractivity contribution < 1.29 is 22.0 Å². The second-order valence-corrected chi connectivity index (χ2v) is 4.61. The van der Waals surface area contributed by atoms with Crippen LogP contribution in [0.2, 0.25) is 10.0 Å². The summed E-state index contributed by atoms with van der Waals surface area (Å²) >= 11 is 11.2. The largest absolute Gasteiger partial charge is 0.461 e. The van der Waals surface area contributed by atoms with Gasteiger partial charge in [0.25, 0.3) is 5.56 Å². The first-order chi connectivity index (χ1) is 9.04. The van der Waals surface area contributed by atoms with Gasteiger partial charge in [-0.25, -0.2) is 4.98 Å². The van der Waals surface area contributed by atoms with Gasteiger partial charge in [-0.15, -0.1) is 0 Å². The van der Waals surface area contributed by atoms with Crippen LogP contribution in [-0.4, -0.2) is 16.1 Å². The van der Waals surface area contributed by atoms with Crippen LogP contribution in [0.3, 0.4) is 0 Å². The van der Waals surface area contributed by atoms with Crippen LogP contribution in [0.15, 0.2) is 16.9 Å². The van der Waals surface area contributed by atoms with Crippen molar-refractivity contribution in [3.8, 4) is 0 Å². The van der Waals surface area contributed by atoms with E-state index >= 15 is 0 Å². The van der Waals surface area contributed by atoms with Crippen molar-refractivity contribution in [2.45, 2.75) is 12.1 Å². The minimum atomic E-state index is -5.89. The zero-order chi connectivity index (χ0) is 15.3. The third-order valence-electron chi connectivity index (χ3n) is 2.38. The van der Waals surface area contributed by atoms with Gasteiger partial charge in [0.05, 0.1) is 15.9 Å². The predicted molar refractivity (Wildman–Crippen MR) is 62.3 cm³/mol. The molecule has 1 heterocycles. The summed E-state index contributed by atoms with van der Waals surface area (Å²) in [5, 5.41) is -0.577. The number of fused-ring (bicyclic) bond motifs is 1. The van der Waals surface area contributed by atoms with E-state index in [0.717, 1.165) is 12.1 Å². The zero-order valence-corrected chi connectivity index (χ0v) is 10.7. The molecule has 1 N–H and O–H groups in total. The summed E-state index contributed by atoms with van der Waals surface area (Å²) in [6.07, 6.45) is -5.89. The molecule has 0 saturated carbocycles. The molecule has 0 spiro atoms. The number of hydrogen-bond acceptors (Lipinski definition) is 2. The zero-order valence-electron chi connectivity index (χ0n) is 9.16. The third kappa shape index (κ3) is 2.33. The van der Waals surface area contributed by atoms with E-state index in [1.54, 1.807) is 0 Å². The van der Waals surface area contributed by atoms with E-state index in [1.165, 1.54) is 4.98 Å². The summed E-state index contributed by atoms with van der Waals surface area (Å²) in [6.45, 7) is 0. The van der Waals surface area contributed by atoms with Crippen LogP contribution < -0.4 is 5.56 Å². The Kier molecular flexibility index (Phi) is 3.42. The standard InChI is InChI=1S/C10H3Cl2F5N2O/c11-3-1-4-6(5(12)2-3)18-8(19-7(4)20)9(13,14)10(15,16)17/h1-2H,(H,18,19,20). The number of H-pyrrole nitrogens is 1. The molecule has 0 saturated heterocycles. The van der Waals surface area contributed by atoms with Gasteiger partial charge in [-0.3, -0.25) is 4.79 Å². The molecule has 0 amide bonds. The van der Waals surface area contributed by atoms with Crippen molar-refractivity contribution in [1.29, 1.82) is 0 Å². The molecule has 0 fully saturated rings. The fourth-order valence-electron chi connectivity index (χ4n) is 1.45. The summed E-state index contributed by atoms with van der Waals surface area (Å²) in [6, 6.07) is 2.14. The molecule has 0 unspecified atom stereocenters. The second-order valence-electron chi connectivity index (χ2n) is 3.77. The van der Waals surface area contributed by atoms with Crippen molar-refractivity contribution in [2.75, 3.05) is 0 Å². The van der Waals surface area contributed by atoms with Gasteiger partial charge in [0, 0.05) is 5.02 Å². The molecule has 0 atom stereocenters. The molecular weight excluding hydrogens is 330 g/mol. The van der Waals surface area contributed by atoms with Crippen LogP contribution in [0.4, 0.5) is 22.0 Å². The smallest absolute Gasteiger partial charge is 0.305 e. The van der Waals surface area contributed by atoms with E-state index in [2.05, 4.69) is 4.98 Å². The number of aromatic nitrogens is 2. The summed E-state index contributed by atoms with van der Waals surface area (Å²) < 4.78 is 63.1. The number of nitrogens with one attached hydrogen (secondary N) is 1. The van der Waals surface area contributed by atoms with Gasteiger partial charge in [0.15, 0.2) is 5.82 Å². The third-order valence-corrected chi connectivity index (χ3v) is 2.89. The highest BCUT2D eigenvalue weighted by molar-refractivity contribution is 6.38. The van der Waals surface area contributed by atoms with Gasteiger partial charge in [0.2, 0.25) is 0 Å². The number of nitrogens with zero attached hydrogens (tertiary/aromatic N) is 1. The quantitative estimate of drug-likeness (QED) is 0.805. The summed E-state index contributed by atoms with van der Waals surface area (Å²) in [7, 11) is 0. The summed E-state index contributed by atoms with van der Waals surface area (Å²) in [4.78, 5) is 16.1. The van der Waals surface area contributed by atoms with Crippen molar-refractivity contribution in [3.05, 3.63) is 38.4 Å². The number of benzene rings is 1. The minimum absolute atomic E-state index is 0.0186. The molecule has 3 nitrogen and oxygen atoms in total. The van der Waals surface area contributed by atoms with E-state index in [-0.39, 0.29) is 15.4 Å². The fraction of sp³-hybridized carbons (Fsp3) is 0.200. The van der Waals surface area contributed by atoms with Crippen molar-refractivity contribution in [2.24, 2.45) is 0 Å². The average molecular weight is 333 g/mol. The molecule has 0 aliphatic heterocycles. The molecule has 1 aromatic heterocycles. The van der Waals surface area contributed by atoms with Crippen molar-refractivity contribution in [1.82, 2.24) is 9.97 Å². The molecule has 108 valence electrons. The van der Waals surface area contributed by atoms with Gasteiger partial charge < -0.3 is 4.98 Å². The number of halogens is 7. The maximum atomic E-state index is 13.2. The molecule has 0 aliphatic rings. The maximum absolute atomic E-state index is 13.2. The topological polar surface area (TPSA) is 45.8 Å². The van der Waals surface area contributed by atoms with Crippen LogP contribution >= 0.6 is 23.2 Å². The lowest BCUT2D eigenvalue weighted by Crippen LogP contribution is -2.37. The average Bonchev–Trinajstić information content (AvgIpc) is 2.28. The molecule has 0 aliphatic carbocycles. The van der Waals surface area contributed by atoms with Crippen molar-refractivity contribution >= 4 is 34.1 Å². The Morgan fingerprint density at radius 1 is 1.10 bits per heavy atom. The van der Waals surface area contributed by atoms with Crippen molar-refractivity contribution in [3.63, 3.8) is 0 Å². The van der Waals surface area contributed by atoms with Gasteiger partial charge in [-0.05, 0) is 12.1 Å². The Balaban J connectivity index is 2.80. The Bertz CT molecular complexity index is 741. The highest BCUT2D eigenvalue weighted by Gasteiger charge is 2.61. The van der Waals surface area contributed by atoms with E-state index in [9.17, 15) is 26.7 Å². The molecular formula is C10H3Cl2F5N2O. The van der Waals surface area contributed by atoms with Gasteiger partial charge in [0.1, 0.15) is 0 Å². The maximum Gasteiger partial charge on any atom is 0.461 e. The van der Waals surface area contributed by atoms with Gasteiger partial charge in [-0.2, -0.15) is 22.0 Å².